The highest BCUT2D eigenvalue weighted by Gasteiger charge is 2.24. The van der Waals surface area contributed by atoms with Crippen molar-refractivity contribution >= 4 is 28.6 Å². The van der Waals surface area contributed by atoms with Crippen molar-refractivity contribution in [1.29, 1.82) is 0 Å². The second-order valence-corrected chi connectivity index (χ2v) is 7.30. The van der Waals surface area contributed by atoms with Crippen molar-refractivity contribution in [1.82, 2.24) is 14.4 Å². The summed E-state index contributed by atoms with van der Waals surface area (Å²) in [5.41, 5.74) is 3.46. The molecular weight excluding hydrogens is 350 g/mol. The van der Waals surface area contributed by atoms with Gasteiger partial charge in [0.15, 0.2) is 5.58 Å². The fourth-order valence-corrected chi connectivity index (χ4v) is 3.63. The van der Waals surface area contributed by atoms with E-state index in [2.05, 4.69) is 11.9 Å². The van der Waals surface area contributed by atoms with Gasteiger partial charge in [-0.15, -0.1) is 0 Å². The molecule has 0 bridgehead atoms. The predicted molar refractivity (Wildman–Crippen MR) is 103 cm³/mol. The van der Waals surface area contributed by atoms with Crippen LogP contribution in [0.1, 0.15) is 22.5 Å². The molecule has 1 saturated heterocycles. The molecule has 1 fully saturated rings. The summed E-state index contributed by atoms with van der Waals surface area (Å²) in [6, 6.07) is 11.5. The molecule has 1 amide bonds. The van der Waals surface area contributed by atoms with Gasteiger partial charge in [-0.3, -0.25) is 4.79 Å². The minimum Gasteiger partial charge on any atom is -0.463 e. The van der Waals surface area contributed by atoms with Crippen LogP contribution in [-0.2, 0) is 6.54 Å². The molecule has 0 spiro atoms. The number of amides is 1. The molecule has 1 aromatic carbocycles. The third kappa shape index (κ3) is 3.37. The summed E-state index contributed by atoms with van der Waals surface area (Å²) in [5.74, 6) is 0.0701. The molecule has 26 heavy (non-hydrogen) atoms. The van der Waals surface area contributed by atoms with E-state index in [4.69, 9.17) is 16.0 Å². The van der Waals surface area contributed by atoms with Crippen molar-refractivity contribution in [2.24, 2.45) is 0 Å². The first-order valence-corrected chi connectivity index (χ1v) is 9.28. The third-order valence-corrected chi connectivity index (χ3v) is 5.25. The summed E-state index contributed by atoms with van der Waals surface area (Å²) < 4.78 is 7.60. The molecule has 4 rings (SSSR count). The van der Waals surface area contributed by atoms with E-state index in [1.54, 1.807) is 6.26 Å². The van der Waals surface area contributed by atoms with E-state index in [0.29, 0.717) is 17.3 Å². The number of carbonyl (C=O) groups excluding carboxylic acids is 1. The summed E-state index contributed by atoms with van der Waals surface area (Å²) in [5, 5.41) is 0.708. The van der Waals surface area contributed by atoms with Crippen LogP contribution in [-0.4, -0.2) is 53.5 Å². The van der Waals surface area contributed by atoms with Crippen LogP contribution >= 0.6 is 11.6 Å². The van der Waals surface area contributed by atoms with Crippen molar-refractivity contribution in [3.8, 4) is 0 Å². The molecular formula is C20H22ClN3O2. The lowest BCUT2D eigenvalue weighted by atomic mass is 10.2. The van der Waals surface area contributed by atoms with E-state index in [1.165, 1.54) is 0 Å². The highest BCUT2D eigenvalue weighted by molar-refractivity contribution is 6.30. The number of fused-ring (bicyclic) bond motifs is 1. The molecule has 5 nitrogen and oxygen atoms in total. The van der Waals surface area contributed by atoms with Crippen LogP contribution in [0.2, 0.25) is 5.02 Å². The first-order valence-electron chi connectivity index (χ1n) is 8.91. The van der Waals surface area contributed by atoms with Gasteiger partial charge in [0.05, 0.1) is 11.8 Å². The Balaban J connectivity index is 1.67. The predicted octanol–water partition coefficient (Wildman–Crippen LogP) is 3.71. The summed E-state index contributed by atoms with van der Waals surface area (Å²) in [6.45, 7) is 4.08. The number of rotatable bonds is 3. The minimum absolute atomic E-state index is 0.0701. The molecule has 3 heterocycles. The molecule has 6 heteroatoms. The molecule has 0 unspecified atom stereocenters. The first kappa shape index (κ1) is 17.2. The maximum Gasteiger partial charge on any atom is 0.270 e. The Morgan fingerprint density at radius 2 is 1.92 bits per heavy atom. The molecule has 136 valence electrons. The lowest BCUT2D eigenvalue weighted by molar-refractivity contribution is 0.0753. The summed E-state index contributed by atoms with van der Waals surface area (Å²) in [6.07, 6.45) is 2.66. The zero-order chi connectivity index (χ0) is 18.1. The number of aromatic nitrogens is 1. The smallest absolute Gasteiger partial charge is 0.270 e. The van der Waals surface area contributed by atoms with Crippen LogP contribution < -0.4 is 0 Å². The lowest BCUT2D eigenvalue weighted by Crippen LogP contribution is -2.35. The van der Waals surface area contributed by atoms with Crippen molar-refractivity contribution in [3.05, 3.63) is 58.9 Å². The second kappa shape index (κ2) is 7.17. The topological polar surface area (TPSA) is 41.6 Å². The minimum atomic E-state index is 0.0701. The van der Waals surface area contributed by atoms with Crippen LogP contribution in [0.3, 0.4) is 0 Å². The van der Waals surface area contributed by atoms with Crippen molar-refractivity contribution in [2.45, 2.75) is 13.0 Å². The Morgan fingerprint density at radius 1 is 1.12 bits per heavy atom. The van der Waals surface area contributed by atoms with Gasteiger partial charge in [0.1, 0.15) is 5.69 Å². The zero-order valence-corrected chi connectivity index (χ0v) is 15.6. The number of nitrogens with zero attached hydrogens (tertiary/aromatic N) is 3. The summed E-state index contributed by atoms with van der Waals surface area (Å²) >= 11 is 6.00. The summed E-state index contributed by atoms with van der Waals surface area (Å²) in [4.78, 5) is 17.4. The van der Waals surface area contributed by atoms with Gasteiger partial charge < -0.3 is 18.8 Å². The molecule has 1 aliphatic rings. The number of benzene rings is 1. The number of hydrogen-bond donors (Lipinski definition) is 0. The van der Waals surface area contributed by atoms with E-state index >= 15 is 0 Å². The maximum absolute atomic E-state index is 13.2. The molecule has 0 saturated carbocycles. The molecule has 0 atom stereocenters. The van der Waals surface area contributed by atoms with Crippen molar-refractivity contribution in [3.63, 3.8) is 0 Å². The Morgan fingerprint density at radius 3 is 2.73 bits per heavy atom. The molecule has 0 radical (unpaired) electrons. The highest BCUT2D eigenvalue weighted by atomic mass is 35.5. The maximum atomic E-state index is 13.2. The average Bonchev–Trinajstić information content (AvgIpc) is 3.14. The van der Waals surface area contributed by atoms with Crippen LogP contribution in [0.15, 0.2) is 47.1 Å². The van der Waals surface area contributed by atoms with E-state index < -0.39 is 0 Å². The average molecular weight is 372 g/mol. The summed E-state index contributed by atoms with van der Waals surface area (Å²) in [7, 11) is 2.10. The van der Waals surface area contributed by atoms with Gasteiger partial charge in [-0.2, -0.15) is 0 Å². The second-order valence-electron chi connectivity index (χ2n) is 6.86. The van der Waals surface area contributed by atoms with Gasteiger partial charge in [-0.05, 0) is 37.7 Å². The molecule has 2 aromatic heterocycles. The third-order valence-electron chi connectivity index (χ3n) is 5.00. The fraction of sp³-hybridized carbons (Fsp3) is 0.350. The first-order chi connectivity index (χ1) is 12.6. The monoisotopic (exact) mass is 371 g/mol. The molecule has 1 aliphatic heterocycles. The van der Waals surface area contributed by atoms with Crippen LogP contribution in [0, 0.1) is 0 Å². The fourth-order valence-electron chi connectivity index (χ4n) is 3.51. The van der Waals surface area contributed by atoms with Gasteiger partial charge in [0.2, 0.25) is 0 Å². The SMILES string of the molecule is CN1CCCN(C(=O)c2cc3occc3n2Cc2ccc(Cl)cc2)CC1. The normalized spacial score (nSPS) is 16.2. The number of furan rings is 1. The van der Waals surface area contributed by atoms with E-state index in [1.807, 2.05) is 45.9 Å². The number of carbonyl (C=O) groups is 1. The van der Waals surface area contributed by atoms with Gasteiger partial charge >= 0.3 is 0 Å². The van der Waals surface area contributed by atoms with Crippen LogP contribution in [0.4, 0.5) is 0 Å². The number of hydrogen-bond acceptors (Lipinski definition) is 3. The van der Waals surface area contributed by atoms with Crippen molar-refractivity contribution < 1.29 is 9.21 Å². The van der Waals surface area contributed by atoms with Crippen LogP contribution in [0.5, 0.6) is 0 Å². The van der Waals surface area contributed by atoms with Gasteiger partial charge in [0, 0.05) is 43.3 Å². The molecule has 0 aliphatic carbocycles. The Bertz CT molecular complexity index is 913. The van der Waals surface area contributed by atoms with E-state index in [0.717, 1.165) is 49.3 Å². The number of likely N-dealkylation sites (N-methyl/N-ethyl adjacent to an activating group) is 1. The van der Waals surface area contributed by atoms with Gasteiger partial charge in [-0.25, -0.2) is 0 Å². The lowest BCUT2D eigenvalue weighted by Gasteiger charge is -2.21. The van der Waals surface area contributed by atoms with E-state index in [9.17, 15) is 4.79 Å². The Labute approximate surface area is 157 Å². The largest absolute Gasteiger partial charge is 0.463 e. The Kier molecular flexibility index (Phi) is 4.74. The molecule has 0 N–H and O–H groups in total. The van der Waals surface area contributed by atoms with Crippen LogP contribution in [0.25, 0.3) is 11.1 Å². The quantitative estimate of drug-likeness (QED) is 0.704. The Hall–Kier alpha value is -2.24. The van der Waals surface area contributed by atoms with Gasteiger partial charge in [0.25, 0.3) is 5.91 Å². The highest BCUT2D eigenvalue weighted by Crippen LogP contribution is 2.24. The zero-order valence-electron chi connectivity index (χ0n) is 14.8. The van der Waals surface area contributed by atoms with E-state index in [-0.39, 0.29) is 5.91 Å². The molecule has 3 aromatic rings. The standard InChI is InChI=1S/C20H22ClN3O2/c1-22-8-2-9-23(11-10-22)20(25)18-13-19-17(7-12-26-19)24(18)14-15-3-5-16(21)6-4-15/h3-7,12-13H,2,8-11,14H2,1H3. The van der Waals surface area contributed by atoms with Crippen molar-refractivity contribution in [2.75, 3.05) is 33.2 Å². The van der Waals surface area contributed by atoms with Gasteiger partial charge in [-0.1, -0.05) is 23.7 Å². The number of halogens is 1.